The number of hydrogen-bond acceptors (Lipinski definition) is 4. The number of alkyl halides is 2. The lowest BCUT2D eigenvalue weighted by Crippen LogP contribution is -2.51. The molecule has 2 unspecified atom stereocenters. The van der Waals surface area contributed by atoms with Crippen LogP contribution in [-0.4, -0.2) is 35.6 Å². The smallest absolute Gasteiger partial charge is 0.410 e. The predicted molar refractivity (Wildman–Crippen MR) is 117 cm³/mol. The zero-order chi connectivity index (χ0) is 24.2. The number of amides is 1. The van der Waals surface area contributed by atoms with Gasteiger partial charge >= 0.3 is 6.09 Å². The minimum Gasteiger partial charge on any atom is -0.444 e. The number of para-hydroxylation sites is 1. The summed E-state index contributed by atoms with van der Waals surface area (Å²) in [5.41, 5.74) is -0.434. The number of ether oxygens (including phenoxy) is 3. The van der Waals surface area contributed by atoms with Crippen molar-refractivity contribution < 1.29 is 32.2 Å². The van der Waals surface area contributed by atoms with E-state index in [-0.39, 0.29) is 40.6 Å². The topological polar surface area (TPSA) is 48.0 Å². The van der Waals surface area contributed by atoms with E-state index >= 15 is 8.78 Å². The van der Waals surface area contributed by atoms with Crippen LogP contribution in [0.3, 0.4) is 0 Å². The molecule has 178 valence electrons. The molecule has 0 saturated carbocycles. The summed E-state index contributed by atoms with van der Waals surface area (Å²) < 4.78 is 62.2. The maximum atomic E-state index is 15.3. The van der Waals surface area contributed by atoms with E-state index in [1.807, 2.05) is 0 Å². The molecule has 2 aliphatic rings. The maximum Gasteiger partial charge on any atom is 0.410 e. The lowest BCUT2D eigenvalue weighted by Gasteiger charge is -2.39. The number of likely N-dealkylation sites (tertiary alicyclic amines) is 1. The van der Waals surface area contributed by atoms with Gasteiger partial charge in [0.15, 0.2) is 11.5 Å². The highest BCUT2D eigenvalue weighted by Crippen LogP contribution is 2.52. The van der Waals surface area contributed by atoms with Crippen molar-refractivity contribution >= 4 is 17.7 Å². The number of nitrogens with zero attached hydrogens (tertiary/aromatic N) is 1. The van der Waals surface area contributed by atoms with Gasteiger partial charge in [-0.3, -0.25) is 0 Å². The molecule has 0 radical (unpaired) electrons. The van der Waals surface area contributed by atoms with E-state index < -0.39 is 41.7 Å². The monoisotopic (exact) mass is 483 g/mol. The summed E-state index contributed by atoms with van der Waals surface area (Å²) >= 11 is 5.84. The quantitative estimate of drug-likeness (QED) is 0.490. The number of fused-ring (bicyclic) bond motifs is 1. The molecule has 2 aliphatic heterocycles. The van der Waals surface area contributed by atoms with Crippen molar-refractivity contribution in [1.82, 2.24) is 4.90 Å². The molecule has 2 heterocycles. The molecular weight excluding hydrogens is 459 g/mol. The van der Waals surface area contributed by atoms with E-state index in [1.54, 1.807) is 39.0 Å². The molecule has 0 N–H and O–H groups in total. The summed E-state index contributed by atoms with van der Waals surface area (Å²) in [6.45, 7) is 5.89. The zero-order valence-corrected chi connectivity index (χ0v) is 19.5. The Morgan fingerprint density at radius 1 is 1.21 bits per heavy atom. The summed E-state index contributed by atoms with van der Waals surface area (Å²) in [6, 6.07) is 8.82. The molecule has 1 amide bonds. The Labute approximate surface area is 195 Å². The highest BCUT2D eigenvalue weighted by atomic mass is 35.5. The van der Waals surface area contributed by atoms with Gasteiger partial charge in [-0.15, -0.1) is 0 Å². The Bertz CT molecular complexity index is 1090. The fourth-order valence-electron chi connectivity index (χ4n) is 4.20. The largest absolute Gasteiger partial charge is 0.444 e. The number of rotatable bonds is 2. The minimum absolute atomic E-state index is 0.00191. The SMILES string of the molecule is CC(C)(C)OC(=O)N1CCC(c2cccc3c2OC(C)(c2ccc(Cl)cc2F)O3)C(F)(F)C1. The highest BCUT2D eigenvalue weighted by molar-refractivity contribution is 6.30. The molecule has 2 aromatic rings. The first kappa shape index (κ1) is 23.5. The van der Waals surface area contributed by atoms with Crippen LogP contribution < -0.4 is 9.47 Å². The third kappa shape index (κ3) is 4.58. The number of hydrogen-bond donors (Lipinski definition) is 0. The molecule has 2 aromatic carbocycles. The van der Waals surface area contributed by atoms with Crippen molar-refractivity contribution in [3.05, 3.63) is 58.4 Å². The summed E-state index contributed by atoms with van der Waals surface area (Å²) in [5.74, 6) is -6.24. The molecule has 4 rings (SSSR count). The Morgan fingerprint density at radius 3 is 2.58 bits per heavy atom. The van der Waals surface area contributed by atoms with Crippen LogP contribution in [0.1, 0.15) is 51.2 Å². The van der Waals surface area contributed by atoms with E-state index in [4.69, 9.17) is 25.8 Å². The third-order valence-corrected chi connectivity index (χ3v) is 5.89. The standard InChI is InChI=1S/C24H25ClF3NO4/c1-22(2,3)33-21(30)29-11-10-16(24(27,28)13-29)15-6-5-7-19-20(15)32-23(4,31-19)17-9-8-14(25)12-18(17)26/h5-9,12,16H,10-11,13H2,1-4H3. The molecule has 2 atom stereocenters. The average Bonchev–Trinajstić information content (AvgIpc) is 3.03. The van der Waals surface area contributed by atoms with E-state index in [0.717, 1.165) is 11.0 Å². The molecule has 33 heavy (non-hydrogen) atoms. The fourth-order valence-corrected chi connectivity index (χ4v) is 4.35. The van der Waals surface area contributed by atoms with E-state index in [9.17, 15) is 9.18 Å². The number of carbonyl (C=O) groups is 1. The van der Waals surface area contributed by atoms with Crippen molar-refractivity contribution in [3.63, 3.8) is 0 Å². The van der Waals surface area contributed by atoms with Gasteiger partial charge in [0.1, 0.15) is 11.4 Å². The lowest BCUT2D eigenvalue weighted by atomic mass is 9.85. The molecule has 1 saturated heterocycles. The molecular formula is C24H25ClF3NO4. The Hall–Kier alpha value is -2.61. The van der Waals surface area contributed by atoms with Gasteiger partial charge in [0.25, 0.3) is 11.7 Å². The first-order chi connectivity index (χ1) is 15.3. The molecule has 0 aromatic heterocycles. The van der Waals surface area contributed by atoms with Gasteiger partial charge < -0.3 is 19.1 Å². The van der Waals surface area contributed by atoms with E-state index in [1.165, 1.54) is 19.1 Å². The van der Waals surface area contributed by atoms with Crippen LogP contribution in [0.5, 0.6) is 11.5 Å². The Kier molecular flexibility index (Phi) is 5.71. The number of benzene rings is 2. The Balaban J connectivity index is 1.60. The van der Waals surface area contributed by atoms with Crippen molar-refractivity contribution in [2.24, 2.45) is 0 Å². The molecule has 9 heteroatoms. The van der Waals surface area contributed by atoms with Crippen molar-refractivity contribution in [1.29, 1.82) is 0 Å². The molecule has 0 bridgehead atoms. The summed E-state index contributed by atoms with van der Waals surface area (Å²) in [4.78, 5) is 13.3. The molecule has 0 spiro atoms. The fraction of sp³-hybridized carbons (Fsp3) is 0.458. The summed E-state index contributed by atoms with van der Waals surface area (Å²) in [5, 5.41) is 0.215. The van der Waals surface area contributed by atoms with Gasteiger partial charge in [-0.05, 0) is 51.5 Å². The van der Waals surface area contributed by atoms with Crippen LogP contribution in [-0.2, 0) is 10.5 Å². The summed E-state index contributed by atoms with van der Waals surface area (Å²) in [7, 11) is 0. The highest BCUT2D eigenvalue weighted by Gasteiger charge is 2.50. The van der Waals surface area contributed by atoms with E-state index in [0.29, 0.717) is 0 Å². The second-order valence-corrected chi connectivity index (χ2v) is 9.89. The predicted octanol–water partition coefficient (Wildman–Crippen LogP) is 6.48. The maximum absolute atomic E-state index is 15.3. The minimum atomic E-state index is -3.24. The van der Waals surface area contributed by atoms with E-state index in [2.05, 4.69) is 0 Å². The second kappa shape index (κ2) is 8.01. The molecule has 0 aliphatic carbocycles. The average molecular weight is 484 g/mol. The van der Waals surface area contributed by atoms with Gasteiger partial charge in [-0.2, -0.15) is 0 Å². The first-order valence-corrected chi connectivity index (χ1v) is 11.0. The van der Waals surface area contributed by atoms with Gasteiger partial charge in [0.2, 0.25) is 0 Å². The first-order valence-electron chi connectivity index (χ1n) is 10.6. The van der Waals surface area contributed by atoms with Crippen molar-refractivity contribution in [2.45, 2.75) is 57.3 Å². The van der Waals surface area contributed by atoms with Crippen LogP contribution in [0.4, 0.5) is 18.0 Å². The lowest BCUT2D eigenvalue weighted by molar-refractivity contribution is -0.0885. The van der Waals surface area contributed by atoms with Gasteiger partial charge in [0.05, 0.1) is 18.0 Å². The Morgan fingerprint density at radius 2 is 1.94 bits per heavy atom. The number of piperidine rings is 1. The van der Waals surface area contributed by atoms with Crippen LogP contribution in [0.2, 0.25) is 5.02 Å². The van der Waals surface area contributed by atoms with Crippen LogP contribution in [0.15, 0.2) is 36.4 Å². The second-order valence-electron chi connectivity index (χ2n) is 9.45. The molecule has 5 nitrogen and oxygen atoms in total. The number of halogens is 4. The third-order valence-electron chi connectivity index (χ3n) is 5.66. The van der Waals surface area contributed by atoms with Crippen LogP contribution in [0, 0.1) is 5.82 Å². The van der Waals surface area contributed by atoms with Crippen molar-refractivity contribution in [2.75, 3.05) is 13.1 Å². The zero-order valence-electron chi connectivity index (χ0n) is 18.8. The van der Waals surface area contributed by atoms with Gasteiger partial charge in [0, 0.05) is 24.1 Å². The van der Waals surface area contributed by atoms with Crippen molar-refractivity contribution in [3.8, 4) is 11.5 Å². The normalized spacial score (nSPS) is 24.0. The van der Waals surface area contributed by atoms with Crippen LogP contribution >= 0.6 is 11.6 Å². The van der Waals surface area contributed by atoms with Crippen LogP contribution in [0.25, 0.3) is 0 Å². The summed E-state index contributed by atoms with van der Waals surface area (Å²) in [6.07, 6.45) is -0.776. The number of carbonyl (C=O) groups excluding carboxylic acids is 1. The molecule has 1 fully saturated rings. The van der Waals surface area contributed by atoms with Gasteiger partial charge in [-0.1, -0.05) is 23.7 Å². The van der Waals surface area contributed by atoms with Gasteiger partial charge in [-0.25, -0.2) is 18.0 Å².